The fraction of sp³-hybridized carbons (Fsp3) is 0.500. The average molecular weight is 280 g/mol. The van der Waals surface area contributed by atoms with Crippen molar-refractivity contribution in [3.63, 3.8) is 0 Å². The van der Waals surface area contributed by atoms with Crippen LogP contribution in [0.1, 0.15) is 50.2 Å². The maximum absolute atomic E-state index is 5.39. The summed E-state index contributed by atoms with van der Waals surface area (Å²) in [5.74, 6) is 1.75. The zero-order valence-corrected chi connectivity index (χ0v) is 13.2. The standard InChI is InChI=1S/C20H24O/c1-13-4-9-19-18-7-5-14-12-15(21-3)6-8-16(14)17(18)10-11-20(13,19)2/h6,8,12,19H,1,4-5,7,9-11H2,2-3H3/t19-,20+/m0/s1. The molecule has 0 N–H and O–H groups in total. The lowest BCUT2D eigenvalue weighted by Crippen LogP contribution is -2.30. The number of benzene rings is 1. The Morgan fingerprint density at radius 3 is 2.86 bits per heavy atom. The van der Waals surface area contributed by atoms with Crippen molar-refractivity contribution >= 4 is 5.57 Å². The van der Waals surface area contributed by atoms with E-state index in [1.54, 1.807) is 18.3 Å². The quantitative estimate of drug-likeness (QED) is 0.645. The van der Waals surface area contributed by atoms with Crippen molar-refractivity contribution in [2.45, 2.75) is 45.4 Å². The smallest absolute Gasteiger partial charge is 0.119 e. The van der Waals surface area contributed by atoms with Crippen LogP contribution in [0.25, 0.3) is 5.57 Å². The third-order valence-electron chi connectivity index (χ3n) is 6.32. The van der Waals surface area contributed by atoms with Gasteiger partial charge in [0.15, 0.2) is 0 Å². The van der Waals surface area contributed by atoms with E-state index in [9.17, 15) is 0 Å². The summed E-state index contributed by atoms with van der Waals surface area (Å²) in [5.41, 5.74) is 8.25. The van der Waals surface area contributed by atoms with Gasteiger partial charge < -0.3 is 4.74 Å². The van der Waals surface area contributed by atoms with Gasteiger partial charge in [-0.2, -0.15) is 0 Å². The first-order valence-corrected chi connectivity index (χ1v) is 8.21. The molecule has 0 amide bonds. The molecule has 1 aromatic rings. The normalized spacial score (nSPS) is 30.8. The minimum absolute atomic E-state index is 0.378. The number of rotatable bonds is 1. The minimum atomic E-state index is 0.378. The van der Waals surface area contributed by atoms with Crippen molar-refractivity contribution in [2.75, 3.05) is 7.11 Å². The number of methoxy groups -OCH3 is 1. The van der Waals surface area contributed by atoms with Crippen molar-refractivity contribution in [2.24, 2.45) is 11.3 Å². The molecule has 1 fully saturated rings. The highest BCUT2D eigenvalue weighted by molar-refractivity contribution is 5.75. The molecule has 0 unspecified atom stereocenters. The van der Waals surface area contributed by atoms with Crippen LogP contribution in [0.15, 0.2) is 35.9 Å². The Bertz CT molecular complexity index is 652. The van der Waals surface area contributed by atoms with E-state index in [-0.39, 0.29) is 0 Å². The molecule has 21 heavy (non-hydrogen) atoms. The highest BCUT2D eigenvalue weighted by Crippen LogP contribution is 2.59. The molecule has 0 aromatic heterocycles. The van der Waals surface area contributed by atoms with Gasteiger partial charge in [-0.25, -0.2) is 0 Å². The summed E-state index contributed by atoms with van der Waals surface area (Å²) in [4.78, 5) is 0. The van der Waals surface area contributed by atoms with Crippen LogP contribution in [-0.2, 0) is 6.42 Å². The van der Waals surface area contributed by atoms with E-state index >= 15 is 0 Å². The van der Waals surface area contributed by atoms with Crippen molar-refractivity contribution in [3.8, 4) is 5.75 Å². The zero-order chi connectivity index (χ0) is 14.6. The van der Waals surface area contributed by atoms with E-state index < -0.39 is 0 Å². The second-order valence-corrected chi connectivity index (χ2v) is 7.14. The maximum Gasteiger partial charge on any atom is 0.119 e. The molecule has 1 aromatic carbocycles. The van der Waals surface area contributed by atoms with Gasteiger partial charge in [0.2, 0.25) is 0 Å². The van der Waals surface area contributed by atoms with Crippen LogP contribution in [0.2, 0.25) is 0 Å². The second kappa shape index (κ2) is 4.50. The Labute approximate surface area is 127 Å². The predicted molar refractivity (Wildman–Crippen MR) is 87.4 cm³/mol. The number of ether oxygens (including phenoxy) is 1. The molecule has 0 spiro atoms. The molecular weight excluding hydrogens is 256 g/mol. The topological polar surface area (TPSA) is 9.23 Å². The highest BCUT2D eigenvalue weighted by Gasteiger charge is 2.47. The Morgan fingerprint density at radius 1 is 1.19 bits per heavy atom. The van der Waals surface area contributed by atoms with Crippen molar-refractivity contribution in [1.29, 1.82) is 0 Å². The average Bonchev–Trinajstić information content (AvgIpc) is 2.82. The summed E-state index contributed by atoms with van der Waals surface area (Å²) >= 11 is 0. The first kappa shape index (κ1) is 13.2. The van der Waals surface area contributed by atoms with Gasteiger partial charge in [0, 0.05) is 0 Å². The fourth-order valence-electron chi connectivity index (χ4n) is 4.93. The largest absolute Gasteiger partial charge is 0.497 e. The number of fused-ring (bicyclic) bond motifs is 4. The molecule has 3 aliphatic rings. The van der Waals surface area contributed by atoms with Crippen molar-refractivity contribution in [1.82, 2.24) is 0 Å². The van der Waals surface area contributed by atoms with Crippen LogP contribution in [0, 0.1) is 11.3 Å². The van der Waals surface area contributed by atoms with Crippen LogP contribution in [0.4, 0.5) is 0 Å². The SMILES string of the molecule is C=C1CC[C@H]2C3=C(CC[C@]12C)c1ccc(OC)cc1CC3. The summed E-state index contributed by atoms with van der Waals surface area (Å²) in [6.07, 6.45) is 7.46. The van der Waals surface area contributed by atoms with Crippen molar-refractivity contribution in [3.05, 3.63) is 47.1 Å². The van der Waals surface area contributed by atoms with Gasteiger partial charge >= 0.3 is 0 Å². The van der Waals surface area contributed by atoms with E-state index in [1.165, 1.54) is 55.2 Å². The van der Waals surface area contributed by atoms with E-state index in [0.29, 0.717) is 5.41 Å². The van der Waals surface area contributed by atoms with Crippen LogP contribution < -0.4 is 4.74 Å². The monoisotopic (exact) mass is 280 g/mol. The Balaban J connectivity index is 1.81. The van der Waals surface area contributed by atoms with Gasteiger partial charge in [0.25, 0.3) is 0 Å². The first-order valence-electron chi connectivity index (χ1n) is 8.21. The Kier molecular flexibility index (Phi) is 2.82. The third kappa shape index (κ3) is 1.76. The summed E-state index contributed by atoms with van der Waals surface area (Å²) in [6, 6.07) is 6.64. The van der Waals surface area contributed by atoms with Crippen LogP contribution in [0.3, 0.4) is 0 Å². The zero-order valence-electron chi connectivity index (χ0n) is 13.2. The summed E-state index contributed by atoms with van der Waals surface area (Å²) in [5, 5.41) is 0. The number of aryl methyl sites for hydroxylation is 1. The lowest BCUT2D eigenvalue weighted by Gasteiger charge is -2.42. The van der Waals surface area contributed by atoms with Gasteiger partial charge in [-0.3, -0.25) is 0 Å². The van der Waals surface area contributed by atoms with E-state index in [1.807, 2.05) is 0 Å². The van der Waals surface area contributed by atoms with Crippen LogP contribution in [0.5, 0.6) is 5.75 Å². The molecule has 1 saturated carbocycles. The summed E-state index contributed by atoms with van der Waals surface area (Å²) < 4.78 is 5.39. The first-order chi connectivity index (χ1) is 10.1. The highest BCUT2D eigenvalue weighted by atomic mass is 16.5. The molecule has 0 bridgehead atoms. The molecule has 110 valence electrons. The molecule has 3 aliphatic carbocycles. The number of hydrogen-bond donors (Lipinski definition) is 0. The number of allylic oxidation sites excluding steroid dienone is 3. The van der Waals surface area contributed by atoms with Crippen LogP contribution >= 0.6 is 0 Å². The molecule has 0 aliphatic heterocycles. The molecule has 0 heterocycles. The molecule has 0 radical (unpaired) electrons. The summed E-state index contributed by atoms with van der Waals surface area (Å²) in [7, 11) is 1.76. The second-order valence-electron chi connectivity index (χ2n) is 7.14. The van der Waals surface area contributed by atoms with Gasteiger partial charge in [-0.15, -0.1) is 0 Å². The molecule has 2 atom stereocenters. The van der Waals surface area contributed by atoms with Gasteiger partial charge in [-0.05, 0) is 78.7 Å². The van der Waals surface area contributed by atoms with E-state index in [4.69, 9.17) is 4.74 Å². The lowest BCUT2D eigenvalue weighted by atomic mass is 9.62. The fourth-order valence-corrected chi connectivity index (χ4v) is 4.93. The summed E-state index contributed by atoms with van der Waals surface area (Å²) in [6.45, 7) is 6.83. The number of hydrogen-bond acceptors (Lipinski definition) is 1. The third-order valence-corrected chi connectivity index (χ3v) is 6.32. The molecular formula is C20H24O. The molecule has 0 saturated heterocycles. The van der Waals surface area contributed by atoms with Crippen LogP contribution in [-0.4, -0.2) is 7.11 Å². The van der Waals surface area contributed by atoms with E-state index in [0.717, 1.165) is 11.7 Å². The van der Waals surface area contributed by atoms with E-state index in [2.05, 4.69) is 31.7 Å². The predicted octanol–water partition coefficient (Wildman–Crippen LogP) is 5.16. The van der Waals surface area contributed by atoms with Crippen molar-refractivity contribution < 1.29 is 4.74 Å². The van der Waals surface area contributed by atoms with Gasteiger partial charge in [0.05, 0.1) is 7.11 Å². The maximum atomic E-state index is 5.39. The lowest BCUT2D eigenvalue weighted by molar-refractivity contribution is 0.275. The van der Waals surface area contributed by atoms with Gasteiger partial charge in [-0.1, -0.05) is 30.7 Å². The Morgan fingerprint density at radius 2 is 2.05 bits per heavy atom. The molecule has 1 heteroatoms. The van der Waals surface area contributed by atoms with Gasteiger partial charge in [0.1, 0.15) is 5.75 Å². The minimum Gasteiger partial charge on any atom is -0.497 e. The molecule has 1 nitrogen and oxygen atoms in total. The molecule has 4 rings (SSSR count). The Hall–Kier alpha value is -1.50.